The molecule has 0 N–H and O–H groups in total. The second-order valence-electron chi connectivity index (χ2n) is 7.95. The van der Waals surface area contributed by atoms with Crippen LogP contribution in [0, 0.1) is 0 Å². The van der Waals surface area contributed by atoms with E-state index < -0.39 is 0 Å². The molecular weight excluding hydrogens is 360 g/mol. The summed E-state index contributed by atoms with van der Waals surface area (Å²) in [4.78, 5) is 26.7. The molecule has 0 radical (unpaired) electrons. The number of hydrogen-bond donors (Lipinski definition) is 0. The molecule has 1 aromatic carbocycles. The molecule has 0 bridgehead atoms. The third kappa shape index (κ3) is 4.24. The van der Waals surface area contributed by atoms with Crippen molar-refractivity contribution in [3.63, 3.8) is 0 Å². The Morgan fingerprint density at radius 3 is 2.83 bits per heavy atom. The van der Waals surface area contributed by atoms with E-state index in [-0.39, 0.29) is 11.9 Å². The van der Waals surface area contributed by atoms with Crippen molar-refractivity contribution in [2.24, 2.45) is 0 Å². The molecule has 0 spiro atoms. The SMILES string of the molecule is CN(C)c1cccc(CC[C@H]2CCCCN2C(=O)c2nccc3ccccc23)n1. The van der Waals surface area contributed by atoms with Gasteiger partial charge in [0.2, 0.25) is 0 Å². The van der Waals surface area contributed by atoms with E-state index in [0.29, 0.717) is 5.69 Å². The molecule has 1 saturated heterocycles. The number of fused-ring (bicyclic) bond motifs is 1. The second kappa shape index (κ2) is 8.60. The molecule has 1 atom stereocenters. The Kier molecular flexibility index (Phi) is 5.74. The van der Waals surface area contributed by atoms with Crippen molar-refractivity contribution in [1.82, 2.24) is 14.9 Å². The predicted octanol–water partition coefficient (Wildman–Crippen LogP) is 4.32. The van der Waals surface area contributed by atoms with Gasteiger partial charge in [0, 0.05) is 44.0 Å². The van der Waals surface area contributed by atoms with Crippen molar-refractivity contribution in [3.05, 3.63) is 66.1 Å². The lowest BCUT2D eigenvalue weighted by molar-refractivity contribution is 0.0598. The molecule has 3 heterocycles. The number of hydrogen-bond acceptors (Lipinski definition) is 4. The van der Waals surface area contributed by atoms with E-state index in [0.717, 1.165) is 54.5 Å². The first-order chi connectivity index (χ1) is 14.1. The van der Waals surface area contributed by atoms with Gasteiger partial charge in [-0.05, 0) is 55.7 Å². The molecular formula is C24H28N4O. The van der Waals surface area contributed by atoms with E-state index in [1.54, 1.807) is 6.20 Å². The highest BCUT2D eigenvalue weighted by Gasteiger charge is 2.29. The van der Waals surface area contributed by atoms with E-state index >= 15 is 0 Å². The minimum Gasteiger partial charge on any atom is -0.363 e. The summed E-state index contributed by atoms with van der Waals surface area (Å²) >= 11 is 0. The van der Waals surface area contributed by atoms with E-state index in [2.05, 4.69) is 17.1 Å². The van der Waals surface area contributed by atoms with Crippen LogP contribution in [0.2, 0.25) is 0 Å². The number of aromatic nitrogens is 2. The number of piperidine rings is 1. The van der Waals surface area contributed by atoms with Crippen LogP contribution in [0.15, 0.2) is 54.7 Å². The van der Waals surface area contributed by atoms with Crippen LogP contribution in [0.1, 0.15) is 41.9 Å². The molecule has 2 aromatic heterocycles. The number of rotatable bonds is 5. The van der Waals surface area contributed by atoms with E-state index in [9.17, 15) is 4.79 Å². The zero-order valence-electron chi connectivity index (χ0n) is 17.2. The molecule has 5 heteroatoms. The molecule has 0 saturated carbocycles. The Labute approximate surface area is 172 Å². The monoisotopic (exact) mass is 388 g/mol. The van der Waals surface area contributed by atoms with E-state index in [4.69, 9.17) is 4.98 Å². The Balaban J connectivity index is 1.53. The highest BCUT2D eigenvalue weighted by molar-refractivity contribution is 6.05. The average Bonchev–Trinajstić information content (AvgIpc) is 2.77. The molecule has 1 amide bonds. The predicted molar refractivity (Wildman–Crippen MR) is 117 cm³/mol. The van der Waals surface area contributed by atoms with Gasteiger partial charge in [-0.15, -0.1) is 0 Å². The normalized spacial score (nSPS) is 16.8. The fourth-order valence-electron chi connectivity index (χ4n) is 4.16. The number of anilines is 1. The van der Waals surface area contributed by atoms with Crippen LogP contribution in [0.4, 0.5) is 5.82 Å². The van der Waals surface area contributed by atoms with Crippen LogP contribution >= 0.6 is 0 Å². The molecule has 150 valence electrons. The van der Waals surface area contributed by atoms with E-state index in [1.807, 2.05) is 60.3 Å². The van der Waals surface area contributed by atoms with Gasteiger partial charge in [0.15, 0.2) is 0 Å². The minimum atomic E-state index is 0.0569. The molecule has 0 unspecified atom stereocenters. The highest BCUT2D eigenvalue weighted by atomic mass is 16.2. The summed E-state index contributed by atoms with van der Waals surface area (Å²) in [7, 11) is 4.01. The maximum Gasteiger partial charge on any atom is 0.273 e. The van der Waals surface area contributed by atoms with Crippen molar-refractivity contribution in [1.29, 1.82) is 0 Å². The number of aryl methyl sites for hydroxylation is 1. The largest absolute Gasteiger partial charge is 0.363 e. The van der Waals surface area contributed by atoms with Gasteiger partial charge in [0.1, 0.15) is 11.5 Å². The molecule has 1 aliphatic heterocycles. The summed E-state index contributed by atoms with van der Waals surface area (Å²) in [6.45, 7) is 0.805. The van der Waals surface area contributed by atoms with Gasteiger partial charge in [-0.25, -0.2) is 4.98 Å². The summed E-state index contributed by atoms with van der Waals surface area (Å²) in [6.07, 6.45) is 6.82. The lowest BCUT2D eigenvalue weighted by Crippen LogP contribution is -2.44. The number of carbonyl (C=O) groups is 1. The maximum absolute atomic E-state index is 13.4. The number of nitrogens with zero attached hydrogens (tertiary/aromatic N) is 4. The first-order valence-corrected chi connectivity index (χ1v) is 10.4. The molecule has 29 heavy (non-hydrogen) atoms. The van der Waals surface area contributed by atoms with Gasteiger partial charge in [-0.2, -0.15) is 0 Å². The molecule has 0 aliphatic carbocycles. The van der Waals surface area contributed by atoms with Crippen molar-refractivity contribution >= 4 is 22.5 Å². The maximum atomic E-state index is 13.4. The van der Waals surface area contributed by atoms with Gasteiger partial charge < -0.3 is 9.80 Å². The highest BCUT2D eigenvalue weighted by Crippen LogP contribution is 2.25. The second-order valence-corrected chi connectivity index (χ2v) is 7.95. The molecule has 5 nitrogen and oxygen atoms in total. The number of carbonyl (C=O) groups excluding carboxylic acids is 1. The molecule has 1 fully saturated rings. The van der Waals surface area contributed by atoms with Crippen LogP contribution in [-0.4, -0.2) is 47.5 Å². The summed E-state index contributed by atoms with van der Waals surface area (Å²) in [5.41, 5.74) is 1.65. The van der Waals surface area contributed by atoms with Crippen molar-refractivity contribution in [2.75, 3.05) is 25.5 Å². The Hall–Kier alpha value is -2.95. The fourth-order valence-corrected chi connectivity index (χ4v) is 4.16. The Morgan fingerprint density at radius 1 is 1.10 bits per heavy atom. The quantitative estimate of drug-likeness (QED) is 0.653. The van der Waals surface area contributed by atoms with Crippen LogP contribution in [-0.2, 0) is 6.42 Å². The third-order valence-corrected chi connectivity index (χ3v) is 5.75. The zero-order chi connectivity index (χ0) is 20.2. The number of likely N-dealkylation sites (tertiary alicyclic amines) is 1. The van der Waals surface area contributed by atoms with Gasteiger partial charge in [-0.3, -0.25) is 9.78 Å². The lowest BCUT2D eigenvalue weighted by Gasteiger charge is -2.36. The summed E-state index contributed by atoms with van der Waals surface area (Å²) in [5.74, 6) is 1.03. The standard InChI is InChI=1S/C24H28N4O/c1-27(2)22-12-7-9-19(26-22)13-14-20-10-5-6-17-28(20)24(29)23-21-11-4-3-8-18(21)15-16-25-23/h3-4,7-9,11-12,15-16,20H,5-6,10,13-14,17H2,1-2H3/t20-/m1/s1. The van der Waals surface area contributed by atoms with Gasteiger partial charge in [-0.1, -0.05) is 30.3 Å². The lowest BCUT2D eigenvalue weighted by atomic mass is 9.96. The van der Waals surface area contributed by atoms with Crippen molar-refractivity contribution < 1.29 is 4.79 Å². The van der Waals surface area contributed by atoms with E-state index in [1.165, 1.54) is 6.42 Å². The number of pyridine rings is 2. The topological polar surface area (TPSA) is 49.3 Å². The molecule has 4 rings (SSSR count). The summed E-state index contributed by atoms with van der Waals surface area (Å²) in [6, 6.07) is 16.3. The van der Waals surface area contributed by atoms with Crippen LogP contribution in [0.5, 0.6) is 0 Å². The molecule has 3 aromatic rings. The summed E-state index contributed by atoms with van der Waals surface area (Å²) in [5, 5.41) is 1.99. The summed E-state index contributed by atoms with van der Waals surface area (Å²) < 4.78 is 0. The van der Waals surface area contributed by atoms with Crippen LogP contribution in [0.25, 0.3) is 10.8 Å². The third-order valence-electron chi connectivity index (χ3n) is 5.75. The zero-order valence-corrected chi connectivity index (χ0v) is 17.2. The Morgan fingerprint density at radius 2 is 1.97 bits per heavy atom. The Bertz CT molecular complexity index is 996. The molecule has 1 aliphatic rings. The van der Waals surface area contributed by atoms with Gasteiger partial charge in [0.25, 0.3) is 5.91 Å². The van der Waals surface area contributed by atoms with Crippen LogP contribution < -0.4 is 4.90 Å². The van der Waals surface area contributed by atoms with Gasteiger partial charge >= 0.3 is 0 Å². The first kappa shape index (κ1) is 19.4. The van der Waals surface area contributed by atoms with Crippen LogP contribution in [0.3, 0.4) is 0 Å². The van der Waals surface area contributed by atoms with Crippen molar-refractivity contribution in [2.45, 2.75) is 38.1 Å². The minimum absolute atomic E-state index is 0.0569. The average molecular weight is 389 g/mol. The van der Waals surface area contributed by atoms with Gasteiger partial charge in [0.05, 0.1) is 0 Å². The first-order valence-electron chi connectivity index (χ1n) is 10.4. The van der Waals surface area contributed by atoms with Crippen molar-refractivity contribution in [3.8, 4) is 0 Å². The number of benzene rings is 1. The fraction of sp³-hybridized carbons (Fsp3) is 0.375. The number of amides is 1. The smallest absolute Gasteiger partial charge is 0.273 e.